The molecule has 1 aromatic heterocycles. The van der Waals surface area contributed by atoms with Gasteiger partial charge in [0.05, 0.1) is 13.7 Å². The summed E-state index contributed by atoms with van der Waals surface area (Å²) in [7, 11) is 1.68. The minimum Gasteiger partial charge on any atom is -0.496 e. The molecule has 3 rings (SSSR count). The Kier molecular flexibility index (Phi) is 7.63. The maximum absolute atomic E-state index is 12.3. The van der Waals surface area contributed by atoms with Crippen LogP contribution in [0.15, 0.2) is 65.3 Å². The molecule has 0 saturated carbocycles. The average molecular weight is 408 g/mol. The SMILES string of the molecule is COc1ccccc1CN(Cc1ccccc1)Cc1nc(C(=O)NCC(C)C)co1. The molecule has 0 atom stereocenters. The summed E-state index contributed by atoms with van der Waals surface area (Å²) in [6.07, 6.45) is 1.43. The van der Waals surface area contributed by atoms with Gasteiger partial charge < -0.3 is 14.5 Å². The molecule has 1 heterocycles. The molecule has 6 heteroatoms. The lowest BCUT2D eigenvalue weighted by molar-refractivity contribution is 0.0944. The molecule has 0 bridgehead atoms. The Morgan fingerprint density at radius 3 is 2.53 bits per heavy atom. The van der Waals surface area contributed by atoms with Crippen molar-refractivity contribution < 1.29 is 13.9 Å². The van der Waals surface area contributed by atoms with E-state index >= 15 is 0 Å². The van der Waals surface area contributed by atoms with E-state index in [1.165, 1.54) is 11.8 Å². The van der Waals surface area contributed by atoms with E-state index in [0.29, 0.717) is 37.1 Å². The van der Waals surface area contributed by atoms with Crippen LogP contribution in [0.5, 0.6) is 5.75 Å². The van der Waals surface area contributed by atoms with Crippen LogP contribution in [0.1, 0.15) is 41.4 Å². The molecule has 0 aliphatic rings. The van der Waals surface area contributed by atoms with Gasteiger partial charge in [0.2, 0.25) is 5.89 Å². The number of aromatic nitrogens is 1. The van der Waals surface area contributed by atoms with Crippen LogP contribution in [0.25, 0.3) is 0 Å². The predicted octanol–water partition coefficient (Wildman–Crippen LogP) is 4.27. The van der Waals surface area contributed by atoms with E-state index in [2.05, 4.69) is 33.4 Å². The predicted molar refractivity (Wildman–Crippen MR) is 116 cm³/mol. The topological polar surface area (TPSA) is 67.6 Å². The van der Waals surface area contributed by atoms with Gasteiger partial charge in [-0.15, -0.1) is 0 Å². The van der Waals surface area contributed by atoms with E-state index in [-0.39, 0.29) is 5.91 Å². The monoisotopic (exact) mass is 407 g/mol. The van der Waals surface area contributed by atoms with E-state index in [0.717, 1.165) is 17.9 Å². The molecular weight excluding hydrogens is 378 g/mol. The second-order valence-corrected chi connectivity index (χ2v) is 7.67. The molecule has 0 radical (unpaired) electrons. The highest BCUT2D eigenvalue weighted by molar-refractivity contribution is 5.91. The third-order valence-corrected chi connectivity index (χ3v) is 4.65. The number of nitrogens with zero attached hydrogens (tertiary/aromatic N) is 2. The van der Waals surface area contributed by atoms with Gasteiger partial charge in [0.25, 0.3) is 5.91 Å². The third-order valence-electron chi connectivity index (χ3n) is 4.65. The lowest BCUT2D eigenvalue weighted by Gasteiger charge is -2.22. The second kappa shape index (κ2) is 10.6. The summed E-state index contributed by atoms with van der Waals surface area (Å²) < 4.78 is 11.1. The van der Waals surface area contributed by atoms with Crippen LogP contribution in [-0.2, 0) is 19.6 Å². The number of amides is 1. The fraction of sp³-hybridized carbons (Fsp3) is 0.333. The number of methoxy groups -OCH3 is 1. The molecule has 0 spiro atoms. The lowest BCUT2D eigenvalue weighted by Crippen LogP contribution is -2.27. The molecule has 0 aliphatic carbocycles. The molecule has 0 fully saturated rings. The van der Waals surface area contributed by atoms with Gasteiger partial charge in [0, 0.05) is 25.2 Å². The Hall–Kier alpha value is -3.12. The van der Waals surface area contributed by atoms with E-state index in [1.54, 1.807) is 7.11 Å². The van der Waals surface area contributed by atoms with Crippen molar-refractivity contribution in [1.82, 2.24) is 15.2 Å². The fourth-order valence-electron chi connectivity index (χ4n) is 3.15. The number of carbonyl (C=O) groups excluding carboxylic acids is 1. The molecule has 0 aliphatic heterocycles. The first-order chi connectivity index (χ1) is 14.5. The number of rotatable bonds is 10. The van der Waals surface area contributed by atoms with Crippen molar-refractivity contribution in [2.24, 2.45) is 5.92 Å². The Morgan fingerprint density at radius 2 is 1.80 bits per heavy atom. The molecule has 6 nitrogen and oxygen atoms in total. The van der Waals surface area contributed by atoms with Crippen molar-refractivity contribution in [1.29, 1.82) is 0 Å². The minimum absolute atomic E-state index is 0.210. The Balaban J connectivity index is 1.75. The lowest BCUT2D eigenvalue weighted by atomic mass is 10.1. The van der Waals surface area contributed by atoms with Crippen LogP contribution in [0.4, 0.5) is 0 Å². The summed E-state index contributed by atoms with van der Waals surface area (Å²) in [5.41, 5.74) is 2.58. The van der Waals surface area contributed by atoms with Crippen LogP contribution in [0.3, 0.4) is 0 Å². The van der Waals surface area contributed by atoms with Gasteiger partial charge in [-0.3, -0.25) is 9.69 Å². The summed E-state index contributed by atoms with van der Waals surface area (Å²) in [6, 6.07) is 18.2. The van der Waals surface area contributed by atoms with Crippen molar-refractivity contribution >= 4 is 5.91 Å². The highest BCUT2D eigenvalue weighted by Gasteiger charge is 2.17. The second-order valence-electron chi connectivity index (χ2n) is 7.67. The highest BCUT2D eigenvalue weighted by Crippen LogP contribution is 2.21. The first kappa shape index (κ1) is 21.6. The van der Waals surface area contributed by atoms with Crippen molar-refractivity contribution in [3.63, 3.8) is 0 Å². The zero-order valence-electron chi connectivity index (χ0n) is 17.8. The van der Waals surface area contributed by atoms with Crippen LogP contribution in [0, 0.1) is 5.92 Å². The summed E-state index contributed by atoms with van der Waals surface area (Å²) in [5.74, 6) is 1.52. The number of carbonyl (C=O) groups is 1. The summed E-state index contributed by atoms with van der Waals surface area (Å²) in [4.78, 5) is 18.9. The molecule has 2 aromatic carbocycles. The number of nitrogens with one attached hydrogen (secondary N) is 1. The van der Waals surface area contributed by atoms with Crippen molar-refractivity contribution in [3.8, 4) is 5.75 Å². The molecule has 3 aromatic rings. The molecule has 158 valence electrons. The van der Waals surface area contributed by atoms with Gasteiger partial charge in [-0.1, -0.05) is 62.4 Å². The van der Waals surface area contributed by atoms with Gasteiger partial charge in [0.1, 0.15) is 12.0 Å². The van der Waals surface area contributed by atoms with Crippen LogP contribution in [-0.4, -0.2) is 29.4 Å². The first-order valence-electron chi connectivity index (χ1n) is 10.2. The molecule has 0 unspecified atom stereocenters. The maximum Gasteiger partial charge on any atom is 0.273 e. The molecule has 1 amide bonds. The van der Waals surface area contributed by atoms with Gasteiger partial charge in [0.15, 0.2) is 5.69 Å². The number of hydrogen-bond acceptors (Lipinski definition) is 5. The van der Waals surface area contributed by atoms with Gasteiger partial charge in [-0.25, -0.2) is 4.98 Å². The van der Waals surface area contributed by atoms with Gasteiger partial charge >= 0.3 is 0 Å². The summed E-state index contributed by atoms with van der Waals surface area (Å²) in [6.45, 7) is 6.56. The molecule has 0 saturated heterocycles. The first-order valence-corrected chi connectivity index (χ1v) is 10.2. The average Bonchev–Trinajstić information content (AvgIpc) is 3.21. The van der Waals surface area contributed by atoms with Crippen molar-refractivity contribution in [3.05, 3.63) is 83.6 Å². The Labute approximate surface area is 177 Å². The van der Waals surface area contributed by atoms with Crippen LogP contribution >= 0.6 is 0 Å². The number of para-hydroxylation sites is 1. The van der Waals surface area contributed by atoms with E-state index in [9.17, 15) is 4.79 Å². The number of benzene rings is 2. The number of hydrogen-bond donors (Lipinski definition) is 1. The quantitative estimate of drug-likeness (QED) is 0.544. The molecule has 1 N–H and O–H groups in total. The van der Waals surface area contributed by atoms with Crippen LogP contribution in [0.2, 0.25) is 0 Å². The van der Waals surface area contributed by atoms with Crippen molar-refractivity contribution in [2.45, 2.75) is 33.5 Å². The van der Waals surface area contributed by atoms with Crippen molar-refractivity contribution in [2.75, 3.05) is 13.7 Å². The molecule has 30 heavy (non-hydrogen) atoms. The minimum atomic E-state index is -0.210. The number of oxazole rings is 1. The Morgan fingerprint density at radius 1 is 1.07 bits per heavy atom. The zero-order valence-corrected chi connectivity index (χ0v) is 17.8. The zero-order chi connectivity index (χ0) is 21.3. The standard InChI is InChI=1S/C24H29N3O3/c1-18(2)13-25-24(28)21-17-30-23(26-21)16-27(14-19-9-5-4-6-10-19)15-20-11-7-8-12-22(20)29-3/h4-12,17-18H,13-16H2,1-3H3,(H,25,28). The van der Waals surface area contributed by atoms with E-state index in [4.69, 9.17) is 9.15 Å². The van der Waals surface area contributed by atoms with E-state index in [1.807, 2.05) is 50.2 Å². The number of ether oxygens (including phenoxy) is 1. The summed E-state index contributed by atoms with van der Waals surface area (Å²) >= 11 is 0. The fourth-order valence-corrected chi connectivity index (χ4v) is 3.15. The van der Waals surface area contributed by atoms with Crippen LogP contribution < -0.4 is 10.1 Å². The molecular formula is C24H29N3O3. The highest BCUT2D eigenvalue weighted by atomic mass is 16.5. The third kappa shape index (κ3) is 6.19. The summed E-state index contributed by atoms with van der Waals surface area (Å²) in [5, 5.41) is 2.87. The smallest absolute Gasteiger partial charge is 0.273 e. The Bertz CT molecular complexity index is 938. The maximum atomic E-state index is 12.3. The van der Waals surface area contributed by atoms with E-state index < -0.39 is 0 Å². The van der Waals surface area contributed by atoms with Gasteiger partial charge in [-0.2, -0.15) is 0 Å². The normalized spacial score (nSPS) is 11.1. The van der Waals surface area contributed by atoms with Gasteiger partial charge in [-0.05, 0) is 17.5 Å². The largest absolute Gasteiger partial charge is 0.496 e.